The lowest BCUT2D eigenvalue weighted by Crippen LogP contribution is -2.40. The summed E-state index contributed by atoms with van der Waals surface area (Å²) in [5, 5.41) is 3.29. The van der Waals surface area contributed by atoms with Crippen LogP contribution >= 0.6 is 11.6 Å². The van der Waals surface area contributed by atoms with Crippen LogP contribution in [-0.4, -0.2) is 67.6 Å². The normalized spacial score (nSPS) is 15.4. The third-order valence-electron chi connectivity index (χ3n) is 4.81. The van der Waals surface area contributed by atoms with E-state index >= 15 is 0 Å². The minimum atomic E-state index is -0.615. The van der Waals surface area contributed by atoms with Gasteiger partial charge in [0.1, 0.15) is 17.5 Å². The summed E-state index contributed by atoms with van der Waals surface area (Å²) in [5.74, 6) is -1.05. The highest BCUT2D eigenvalue weighted by atomic mass is 35.5. The molecular formula is C20H23ClF2N4O2. The summed E-state index contributed by atoms with van der Waals surface area (Å²) < 4.78 is 33.6. The number of rotatable bonds is 6. The molecule has 156 valence electrons. The Bertz CT molecular complexity index is 855. The van der Waals surface area contributed by atoms with Crippen molar-refractivity contribution in [3.8, 4) is 0 Å². The number of hydrogen-bond acceptors (Lipinski definition) is 5. The van der Waals surface area contributed by atoms with Crippen LogP contribution in [0.2, 0.25) is 5.02 Å². The largest absolute Gasteiger partial charge is 0.378 e. The Morgan fingerprint density at radius 3 is 2.55 bits per heavy atom. The zero-order chi connectivity index (χ0) is 21.0. The molecule has 6 nitrogen and oxygen atoms in total. The Hall–Kier alpha value is -2.29. The van der Waals surface area contributed by atoms with Gasteiger partial charge in [-0.1, -0.05) is 17.7 Å². The van der Waals surface area contributed by atoms with E-state index in [9.17, 15) is 13.6 Å². The number of benzene rings is 1. The van der Waals surface area contributed by atoms with Crippen LogP contribution in [0.5, 0.6) is 0 Å². The van der Waals surface area contributed by atoms with Crippen molar-refractivity contribution in [1.29, 1.82) is 0 Å². The Balaban J connectivity index is 1.73. The molecule has 1 saturated heterocycles. The van der Waals surface area contributed by atoms with Crippen LogP contribution in [0.1, 0.15) is 22.0 Å². The van der Waals surface area contributed by atoms with E-state index in [1.807, 2.05) is 0 Å². The van der Waals surface area contributed by atoms with Crippen LogP contribution in [-0.2, 0) is 4.74 Å². The average molecular weight is 425 g/mol. The van der Waals surface area contributed by atoms with Crippen LogP contribution in [0.3, 0.4) is 0 Å². The maximum atomic E-state index is 14.2. The monoisotopic (exact) mass is 424 g/mol. The van der Waals surface area contributed by atoms with Crippen molar-refractivity contribution in [2.75, 3.05) is 52.3 Å². The van der Waals surface area contributed by atoms with Gasteiger partial charge in [-0.15, -0.1) is 0 Å². The number of carbonyl (C=O) groups excluding carboxylic acids is 1. The summed E-state index contributed by atoms with van der Waals surface area (Å²) in [5.41, 5.74) is 0.354. The first-order valence-electron chi connectivity index (χ1n) is 9.25. The third kappa shape index (κ3) is 5.01. The van der Waals surface area contributed by atoms with Gasteiger partial charge >= 0.3 is 0 Å². The number of carbonyl (C=O) groups is 1. The summed E-state index contributed by atoms with van der Waals surface area (Å²) in [4.78, 5) is 20.2. The molecule has 1 fully saturated rings. The minimum absolute atomic E-state index is 0.0276. The number of morpholine rings is 1. The van der Waals surface area contributed by atoms with Gasteiger partial charge in [-0.3, -0.25) is 4.79 Å². The van der Waals surface area contributed by atoms with E-state index in [1.54, 1.807) is 30.0 Å². The van der Waals surface area contributed by atoms with Crippen molar-refractivity contribution in [2.24, 2.45) is 0 Å². The summed E-state index contributed by atoms with van der Waals surface area (Å²) in [6.07, 6.45) is 1.44. The number of ether oxygens (including phenoxy) is 1. The highest BCUT2D eigenvalue weighted by Gasteiger charge is 2.23. The molecule has 1 aromatic carbocycles. The lowest BCUT2D eigenvalue weighted by atomic mass is 10.0. The fraction of sp³-hybridized carbons (Fsp3) is 0.400. The third-order valence-corrected chi connectivity index (χ3v) is 5.09. The van der Waals surface area contributed by atoms with Crippen LogP contribution in [0.4, 0.5) is 14.6 Å². The van der Waals surface area contributed by atoms with E-state index in [2.05, 4.69) is 10.3 Å². The molecule has 29 heavy (non-hydrogen) atoms. The van der Waals surface area contributed by atoms with E-state index in [0.717, 1.165) is 0 Å². The zero-order valence-corrected chi connectivity index (χ0v) is 17.0. The molecule has 1 aliphatic rings. The van der Waals surface area contributed by atoms with Gasteiger partial charge in [-0.2, -0.15) is 0 Å². The van der Waals surface area contributed by atoms with Crippen molar-refractivity contribution in [3.05, 3.63) is 58.2 Å². The first kappa shape index (κ1) is 21.4. The maximum Gasteiger partial charge on any atom is 0.255 e. The molecule has 0 bridgehead atoms. The first-order chi connectivity index (χ1) is 13.9. The van der Waals surface area contributed by atoms with Gasteiger partial charge in [0.25, 0.3) is 5.91 Å². The second-order valence-corrected chi connectivity index (χ2v) is 7.36. The van der Waals surface area contributed by atoms with Gasteiger partial charge in [0, 0.05) is 31.4 Å². The first-order valence-corrected chi connectivity index (χ1v) is 9.63. The lowest BCUT2D eigenvalue weighted by molar-refractivity contribution is 0.0302. The van der Waals surface area contributed by atoms with Crippen LogP contribution in [0.25, 0.3) is 0 Å². The highest BCUT2D eigenvalue weighted by molar-refractivity contribution is 6.33. The van der Waals surface area contributed by atoms with Crippen molar-refractivity contribution >= 4 is 23.3 Å². The number of aromatic nitrogens is 1. The fourth-order valence-electron chi connectivity index (χ4n) is 3.20. The number of pyridine rings is 1. The molecule has 1 N–H and O–H groups in total. The van der Waals surface area contributed by atoms with Crippen LogP contribution in [0.15, 0.2) is 30.5 Å². The molecule has 0 saturated carbocycles. The van der Waals surface area contributed by atoms with Gasteiger partial charge in [0.2, 0.25) is 0 Å². The predicted octanol–water partition coefficient (Wildman–Crippen LogP) is 3.20. The van der Waals surface area contributed by atoms with Crippen LogP contribution in [0, 0.1) is 11.6 Å². The van der Waals surface area contributed by atoms with E-state index in [1.165, 1.54) is 24.4 Å². The molecule has 0 spiro atoms. The Kier molecular flexibility index (Phi) is 7.00. The molecule has 2 aromatic rings. The van der Waals surface area contributed by atoms with E-state index in [4.69, 9.17) is 16.3 Å². The number of amides is 1. The lowest BCUT2D eigenvalue weighted by Gasteiger charge is -2.27. The van der Waals surface area contributed by atoms with Crippen molar-refractivity contribution < 1.29 is 18.3 Å². The molecule has 1 atom stereocenters. The van der Waals surface area contributed by atoms with Crippen molar-refractivity contribution in [3.63, 3.8) is 0 Å². The van der Waals surface area contributed by atoms with Gasteiger partial charge in [0.05, 0.1) is 29.8 Å². The number of anilines is 1. The van der Waals surface area contributed by atoms with Gasteiger partial charge < -0.3 is 19.9 Å². The quantitative estimate of drug-likeness (QED) is 0.771. The molecule has 0 aliphatic carbocycles. The predicted molar refractivity (Wildman–Crippen MR) is 107 cm³/mol. The minimum Gasteiger partial charge on any atom is -0.378 e. The fourth-order valence-corrected chi connectivity index (χ4v) is 3.43. The van der Waals surface area contributed by atoms with Gasteiger partial charge in [0.15, 0.2) is 0 Å². The smallest absolute Gasteiger partial charge is 0.255 e. The Morgan fingerprint density at radius 1 is 1.31 bits per heavy atom. The average Bonchev–Trinajstić information content (AvgIpc) is 2.70. The molecular weight excluding hydrogens is 402 g/mol. The van der Waals surface area contributed by atoms with Gasteiger partial charge in [-0.25, -0.2) is 13.8 Å². The zero-order valence-electron chi connectivity index (χ0n) is 16.3. The Morgan fingerprint density at radius 2 is 1.97 bits per heavy atom. The SMILES string of the molecule is CN(C)C(CNc1ncc(C(=O)N2CCOCC2)cc1Cl)c1c(F)cccc1F. The molecule has 1 unspecified atom stereocenters. The standard InChI is InChI=1S/C20H23ClF2N4O2/c1-26(2)17(18-15(22)4-3-5-16(18)23)12-25-19-14(21)10-13(11-24-19)20(28)27-6-8-29-9-7-27/h3-5,10-11,17H,6-9,12H2,1-2H3,(H,24,25). The number of halogens is 3. The topological polar surface area (TPSA) is 57.7 Å². The summed E-state index contributed by atoms with van der Waals surface area (Å²) in [6, 6.07) is 4.75. The van der Waals surface area contributed by atoms with E-state index < -0.39 is 17.7 Å². The molecule has 0 radical (unpaired) electrons. The number of likely N-dealkylation sites (N-methyl/N-ethyl adjacent to an activating group) is 1. The molecule has 1 aliphatic heterocycles. The Labute approximate surface area is 173 Å². The van der Waals surface area contributed by atoms with Crippen molar-refractivity contribution in [1.82, 2.24) is 14.8 Å². The van der Waals surface area contributed by atoms with Crippen molar-refractivity contribution in [2.45, 2.75) is 6.04 Å². The van der Waals surface area contributed by atoms with Crippen LogP contribution < -0.4 is 5.32 Å². The highest BCUT2D eigenvalue weighted by Crippen LogP contribution is 2.27. The number of hydrogen-bond donors (Lipinski definition) is 1. The summed E-state index contributed by atoms with van der Waals surface area (Å²) in [6.45, 7) is 2.23. The molecule has 3 rings (SSSR count). The molecule has 1 amide bonds. The van der Waals surface area contributed by atoms with Gasteiger partial charge in [-0.05, 0) is 32.3 Å². The summed E-state index contributed by atoms with van der Waals surface area (Å²) >= 11 is 6.30. The maximum absolute atomic E-state index is 14.2. The number of nitrogens with zero attached hydrogens (tertiary/aromatic N) is 3. The van der Waals surface area contributed by atoms with E-state index in [-0.39, 0.29) is 23.0 Å². The second kappa shape index (κ2) is 9.47. The van der Waals surface area contributed by atoms with E-state index in [0.29, 0.717) is 37.7 Å². The molecule has 9 heteroatoms. The number of nitrogens with one attached hydrogen (secondary N) is 1. The second-order valence-electron chi connectivity index (χ2n) is 6.95. The molecule has 1 aromatic heterocycles. The summed E-state index contributed by atoms with van der Waals surface area (Å²) in [7, 11) is 3.47. The molecule has 2 heterocycles.